The molecular formula is C13H18ClN2O3-. The molecule has 0 atom stereocenters. The molecule has 1 aromatic rings. The van der Waals surface area contributed by atoms with Crippen LogP contribution in [0.5, 0.6) is 0 Å². The fourth-order valence-electron chi connectivity index (χ4n) is 1.76. The van der Waals surface area contributed by atoms with Crippen LogP contribution in [0.2, 0.25) is 0 Å². The molecule has 0 radical (unpaired) electrons. The molecule has 106 valence electrons. The van der Waals surface area contributed by atoms with Crippen LogP contribution in [0, 0.1) is 0 Å². The van der Waals surface area contributed by atoms with E-state index in [1.807, 2.05) is 0 Å². The number of carbonyl (C=O) groups is 1. The van der Waals surface area contributed by atoms with Gasteiger partial charge in [0.15, 0.2) is 0 Å². The first-order valence-electron chi connectivity index (χ1n) is 6.14. The third-order valence-corrected chi connectivity index (χ3v) is 2.77. The molecule has 1 aliphatic rings. The van der Waals surface area contributed by atoms with Gasteiger partial charge in [-0.05, 0) is 18.2 Å². The molecule has 5 nitrogen and oxygen atoms in total. The van der Waals surface area contributed by atoms with Gasteiger partial charge in [-0.15, -0.1) is 0 Å². The molecule has 1 fully saturated rings. The Labute approximate surface area is 119 Å². The van der Waals surface area contributed by atoms with Gasteiger partial charge in [-0.2, -0.15) is 0 Å². The zero-order valence-corrected chi connectivity index (χ0v) is 11.4. The fourth-order valence-corrected chi connectivity index (χ4v) is 1.76. The van der Waals surface area contributed by atoms with Crippen LogP contribution in [0.3, 0.4) is 0 Å². The third kappa shape index (κ3) is 5.92. The molecule has 6 heteroatoms. The van der Waals surface area contributed by atoms with Crippen molar-refractivity contribution in [1.29, 1.82) is 0 Å². The number of rotatable bonds is 5. The summed E-state index contributed by atoms with van der Waals surface area (Å²) in [4.78, 5) is 13.8. The molecule has 0 aromatic carbocycles. The molecule has 1 saturated heterocycles. The summed E-state index contributed by atoms with van der Waals surface area (Å²) in [7, 11) is 0. The lowest BCUT2D eigenvalue weighted by atomic mass is 10.3. The monoisotopic (exact) mass is 285 g/mol. The van der Waals surface area contributed by atoms with Gasteiger partial charge in [-0.3, -0.25) is 9.69 Å². The fraction of sp³-hybridized carbons (Fsp3) is 0.462. The third-order valence-electron chi connectivity index (χ3n) is 2.77. The van der Waals surface area contributed by atoms with Gasteiger partial charge < -0.3 is 26.9 Å². The SMILES string of the molecule is O=C(/C=C/c1ccco1)NCCN1CCOCC1.[Cl-]. The average molecular weight is 286 g/mol. The molecule has 0 unspecified atom stereocenters. The van der Waals surface area contributed by atoms with Crippen molar-refractivity contribution < 1.29 is 26.4 Å². The molecule has 0 bridgehead atoms. The molecule has 0 saturated carbocycles. The van der Waals surface area contributed by atoms with Crippen LogP contribution < -0.4 is 17.7 Å². The van der Waals surface area contributed by atoms with Gasteiger partial charge >= 0.3 is 0 Å². The quantitative estimate of drug-likeness (QED) is 0.621. The summed E-state index contributed by atoms with van der Waals surface area (Å²) in [6.07, 6.45) is 4.72. The van der Waals surface area contributed by atoms with Crippen molar-refractivity contribution in [3.05, 3.63) is 30.2 Å². The Morgan fingerprint density at radius 3 is 2.89 bits per heavy atom. The van der Waals surface area contributed by atoms with Gasteiger partial charge in [0.1, 0.15) is 5.76 Å². The van der Waals surface area contributed by atoms with E-state index in [-0.39, 0.29) is 18.3 Å². The highest BCUT2D eigenvalue weighted by molar-refractivity contribution is 5.91. The number of nitrogens with one attached hydrogen (secondary N) is 1. The number of nitrogens with zero attached hydrogens (tertiary/aromatic N) is 1. The summed E-state index contributed by atoms with van der Waals surface area (Å²) in [5, 5.41) is 2.84. The van der Waals surface area contributed by atoms with Crippen molar-refractivity contribution in [3.63, 3.8) is 0 Å². The Kier molecular flexibility index (Phi) is 7.25. The van der Waals surface area contributed by atoms with Crippen molar-refractivity contribution >= 4 is 12.0 Å². The van der Waals surface area contributed by atoms with Crippen molar-refractivity contribution in [2.75, 3.05) is 39.4 Å². The van der Waals surface area contributed by atoms with Gasteiger partial charge in [-0.25, -0.2) is 0 Å². The molecule has 2 heterocycles. The van der Waals surface area contributed by atoms with E-state index in [4.69, 9.17) is 9.15 Å². The molecule has 1 aromatic heterocycles. The van der Waals surface area contributed by atoms with Crippen molar-refractivity contribution in [3.8, 4) is 0 Å². The van der Waals surface area contributed by atoms with E-state index in [0.717, 1.165) is 32.8 Å². The Morgan fingerprint density at radius 1 is 1.42 bits per heavy atom. The predicted molar refractivity (Wildman–Crippen MR) is 68.0 cm³/mol. The number of morpholine rings is 1. The van der Waals surface area contributed by atoms with Crippen LogP contribution in [0.4, 0.5) is 0 Å². The van der Waals surface area contributed by atoms with E-state index in [0.29, 0.717) is 12.3 Å². The minimum Gasteiger partial charge on any atom is -1.00 e. The number of furan rings is 1. The van der Waals surface area contributed by atoms with Crippen molar-refractivity contribution in [2.24, 2.45) is 0 Å². The number of hydrogen-bond donors (Lipinski definition) is 1. The highest BCUT2D eigenvalue weighted by Crippen LogP contribution is 2.01. The molecule has 0 spiro atoms. The highest BCUT2D eigenvalue weighted by Gasteiger charge is 2.09. The topological polar surface area (TPSA) is 54.7 Å². The van der Waals surface area contributed by atoms with Crippen molar-refractivity contribution in [1.82, 2.24) is 10.2 Å². The largest absolute Gasteiger partial charge is 1.00 e. The number of carbonyl (C=O) groups excluding carboxylic acids is 1. The second kappa shape index (κ2) is 8.74. The normalized spacial score (nSPS) is 16.2. The van der Waals surface area contributed by atoms with Gasteiger partial charge in [0.2, 0.25) is 5.91 Å². The minimum atomic E-state index is -0.0975. The van der Waals surface area contributed by atoms with Gasteiger partial charge in [0.05, 0.1) is 19.5 Å². The van der Waals surface area contributed by atoms with E-state index in [9.17, 15) is 4.79 Å². The van der Waals surface area contributed by atoms with Crippen LogP contribution >= 0.6 is 0 Å². The predicted octanol–water partition coefficient (Wildman–Crippen LogP) is -2.25. The van der Waals surface area contributed by atoms with E-state index in [1.54, 1.807) is 24.5 Å². The summed E-state index contributed by atoms with van der Waals surface area (Å²) < 4.78 is 10.4. The molecule has 0 aliphatic carbocycles. The highest BCUT2D eigenvalue weighted by atomic mass is 35.5. The van der Waals surface area contributed by atoms with Gasteiger partial charge in [-0.1, -0.05) is 0 Å². The lowest BCUT2D eigenvalue weighted by molar-refractivity contribution is -0.116. The Bertz CT molecular complexity index is 387. The Hall–Kier alpha value is -1.30. The van der Waals surface area contributed by atoms with Crippen LogP contribution in [0.15, 0.2) is 28.9 Å². The summed E-state index contributed by atoms with van der Waals surface area (Å²) in [5.74, 6) is 0.581. The molecule has 2 rings (SSSR count). The zero-order valence-electron chi connectivity index (χ0n) is 10.7. The summed E-state index contributed by atoms with van der Waals surface area (Å²) in [6.45, 7) is 4.97. The maximum Gasteiger partial charge on any atom is 0.244 e. The number of ether oxygens (including phenoxy) is 1. The van der Waals surface area contributed by atoms with Crippen LogP contribution in [-0.4, -0.2) is 50.2 Å². The first kappa shape index (κ1) is 15.8. The molecule has 19 heavy (non-hydrogen) atoms. The molecule has 1 amide bonds. The van der Waals surface area contributed by atoms with E-state index in [1.165, 1.54) is 6.08 Å². The van der Waals surface area contributed by atoms with Crippen LogP contribution in [0.1, 0.15) is 5.76 Å². The Morgan fingerprint density at radius 2 is 2.21 bits per heavy atom. The van der Waals surface area contributed by atoms with Gasteiger partial charge in [0.25, 0.3) is 0 Å². The van der Waals surface area contributed by atoms with Crippen LogP contribution in [0.25, 0.3) is 6.08 Å². The van der Waals surface area contributed by atoms with E-state index >= 15 is 0 Å². The smallest absolute Gasteiger partial charge is 0.244 e. The average Bonchev–Trinajstić information content (AvgIpc) is 2.91. The van der Waals surface area contributed by atoms with Crippen molar-refractivity contribution in [2.45, 2.75) is 0 Å². The lowest BCUT2D eigenvalue weighted by Crippen LogP contribution is -3.00. The van der Waals surface area contributed by atoms with Gasteiger partial charge in [0, 0.05) is 32.3 Å². The maximum absolute atomic E-state index is 11.5. The first-order valence-corrected chi connectivity index (χ1v) is 6.14. The minimum absolute atomic E-state index is 0. The standard InChI is InChI=1S/C13H18N2O3.ClH/c16-13(4-3-12-2-1-9-18-12)14-5-6-15-7-10-17-11-8-15;/h1-4,9H,5-8,10-11H2,(H,14,16);1H/p-1/b4-3+;. The second-order valence-electron chi connectivity index (χ2n) is 4.09. The summed E-state index contributed by atoms with van der Waals surface area (Å²) >= 11 is 0. The lowest BCUT2D eigenvalue weighted by Gasteiger charge is -2.26. The number of amides is 1. The molecule has 1 aliphatic heterocycles. The second-order valence-corrected chi connectivity index (χ2v) is 4.09. The first-order chi connectivity index (χ1) is 8.84. The molecular weight excluding hydrogens is 268 g/mol. The Balaban J connectivity index is 0.00000180. The maximum atomic E-state index is 11.5. The molecule has 1 N–H and O–H groups in total. The summed E-state index contributed by atoms with van der Waals surface area (Å²) in [5.41, 5.74) is 0. The number of hydrogen-bond acceptors (Lipinski definition) is 4. The van der Waals surface area contributed by atoms with Crippen LogP contribution in [-0.2, 0) is 9.53 Å². The zero-order chi connectivity index (χ0) is 12.6. The number of halogens is 1. The van der Waals surface area contributed by atoms with E-state index in [2.05, 4.69) is 10.2 Å². The summed E-state index contributed by atoms with van der Waals surface area (Å²) in [6, 6.07) is 3.59. The van der Waals surface area contributed by atoms with E-state index < -0.39 is 0 Å².